The number of nitrogens with one attached hydrogen (secondary N) is 1. The second-order valence-electron chi connectivity index (χ2n) is 4.75. The van der Waals surface area contributed by atoms with Crippen molar-refractivity contribution in [3.63, 3.8) is 0 Å². The zero-order valence-corrected chi connectivity index (χ0v) is 9.71. The van der Waals surface area contributed by atoms with E-state index in [1.165, 1.54) is 12.8 Å². The van der Waals surface area contributed by atoms with E-state index < -0.39 is 0 Å². The molecule has 1 saturated carbocycles. The van der Waals surface area contributed by atoms with Gasteiger partial charge in [-0.25, -0.2) is 0 Å². The maximum Gasteiger partial charge on any atom is 0.120 e. The maximum atomic E-state index is 5.20. The van der Waals surface area contributed by atoms with Gasteiger partial charge >= 0.3 is 0 Å². The van der Waals surface area contributed by atoms with E-state index in [0.29, 0.717) is 11.5 Å². The Hall–Kier alpha value is -1.18. The standard InChI is InChI=1S/C13H19NO/c1-10(13(2)7-8-13)14-11-5-4-6-12(9-11)15-3/h4-6,9-10,14H,7-8H2,1-3H3. The molecular formula is C13H19NO. The highest BCUT2D eigenvalue weighted by Gasteiger charge is 2.42. The molecule has 1 aliphatic rings. The van der Waals surface area contributed by atoms with Crippen LogP contribution in [-0.2, 0) is 0 Å². The van der Waals surface area contributed by atoms with Crippen molar-refractivity contribution in [3.05, 3.63) is 24.3 Å². The summed E-state index contributed by atoms with van der Waals surface area (Å²) in [6.45, 7) is 4.59. The summed E-state index contributed by atoms with van der Waals surface area (Å²) in [7, 11) is 1.70. The smallest absolute Gasteiger partial charge is 0.120 e. The van der Waals surface area contributed by atoms with Crippen molar-refractivity contribution in [2.45, 2.75) is 32.7 Å². The van der Waals surface area contributed by atoms with Crippen LogP contribution in [0.1, 0.15) is 26.7 Å². The first-order chi connectivity index (χ1) is 7.14. The molecule has 1 aromatic carbocycles. The van der Waals surface area contributed by atoms with Gasteiger partial charge in [0.1, 0.15) is 5.75 Å². The van der Waals surface area contributed by atoms with Crippen LogP contribution in [0.2, 0.25) is 0 Å². The number of methoxy groups -OCH3 is 1. The summed E-state index contributed by atoms with van der Waals surface area (Å²) in [4.78, 5) is 0. The van der Waals surface area contributed by atoms with Crippen LogP contribution in [0.25, 0.3) is 0 Å². The Morgan fingerprint density at radius 3 is 2.73 bits per heavy atom. The van der Waals surface area contributed by atoms with Gasteiger partial charge in [-0.1, -0.05) is 13.0 Å². The molecule has 1 atom stereocenters. The molecule has 0 aliphatic heterocycles. The molecule has 0 radical (unpaired) electrons. The minimum absolute atomic E-state index is 0.503. The Morgan fingerprint density at radius 1 is 1.40 bits per heavy atom. The third kappa shape index (κ3) is 2.25. The lowest BCUT2D eigenvalue weighted by Gasteiger charge is -2.21. The van der Waals surface area contributed by atoms with Crippen molar-refractivity contribution in [3.8, 4) is 5.75 Å². The molecule has 2 rings (SSSR count). The van der Waals surface area contributed by atoms with Gasteiger partial charge in [-0.15, -0.1) is 0 Å². The van der Waals surface area contributed by atoms with Crippen LogP contribution in [0.15, 0.2) is 24.3 Å². The van der Waals surface area contributed by atoms with Crippen molar-refractivity contribution in [2.24, 2.45) is 5.41 Å². The van der Waals surface area contributed by atoms with Crippen LogP contribution in [0.3, 0.4) is 0 Å². The lowest BCUT2D eigenvalue weighted by molar-refractivity contribution is 0.414. The predicted octanol–water partition coefficient (Wildman–Crippen LogP) is 3.30. The fourth-order valence-electron chi connectivity index (χ4n) is 1.77. The zero-order chi connectivity index (χ0) is 10.9. The number of ether oxygens (including phenoxy) is 1. The van der Waals surface area contributed by atoms with Crippen molar-refractivity contribution in [1.29, 1.82) is 0 Å². The molecule has 82 valence electrons. The fourth-order valence-corrected chi connectivity index (χ4v) is 1.77. The van der Waals surface area contributed by atoms with Crippen molar-refractivity contribution < 1.29 is 4.74 Å². The summed E-state index contributed by atoms with van der Waals surface area (Å²) < 4.78 is 5.20. The van der Waals surface area contributed by atoms with Gasteiger partial charge in [-0.2, -0.15) is 0 Å². The molecule has 1 aliphatic carbocycles. The summed E-state index contributed by atoms with van der Waals surface area (Å²) in [5, 5.41) is 3.54. The molecule has 2 heteroatoms. The van der Waals surface area contributed by atoms with Crippen molar-refractivity contribution in [2.75, 3.05) is 12.4 Å². The molecule has 0 heterocycles. The summed E-state index contributed by atoms with van der Waals surface area (Å²) in [5.41, 5.74) is 1.65. The first-order valence-electron chi connectivity index (χ1n) is 5.55. The van der Waals surface area contributed by atoms with Gasteiger partial charge in [0.05, 0.1) is 7.11 Å². The molecule has 0 saturated heterocycles. The molecule has 0 aromatic heterocycles. The van der Waals surface area contributed by atoms with E-state index >= 15 is 0 Å². The van der Waals surface area contributed by atoms with E-state index in [1.54, 1.807) is 7.11 Å². The largest absolute Gasteiger partial charge is 0.497 e. The van der Waals surface area contributed by atoms with Gasteiger partial charge in [-0.3, -0.25) is 0 Å². The normalized spacial score (nSPS) is 19.4. The summed E-state index contributed by atoms with van der Waals surface area (Å²) >= 11 is 0. The number of hydrogen-bond donors (Lipinski definition) is 1. The number of anilines is 1. The average molecular weight is 205 g/mol. The number of rotatable bonds is 4. The summed E-state index contributed by atoms with van der Waals surface area (Å²) in [6, 6.07) is 8.65. The minimum Gasteiger partial charge on any atom is -0.497 e. The molecule has 0 amide bonds. The molecule has 1 fully saturated rings. The van der Waals surface area contributed by atoms with E-state index in [4.69, 9.17) is 4.74 Å². The monoisotopic (exact) mass is 205 g/mol. The van der Waals surface area contributed by atoms with Gasteiger partial charge in [-0.05, 0) is 37.3 Å². The first kappa shape index (κ1) is 10.3. The van der Waals surface area contributed by atoms with E-state index in [2.05, 4.69) is 25.2 Å². The highest BCUT2D eigenvalue weighted by Crippen LogP contribution is 2.48. The molecular weight excluding hydrogens is 186 g/mol. The SMILES string of the molecule is COc1cccc(NC(C)C2(C)CC2)c1. The third-order valence-corrected chi connectivity index (χ3v) is 3.54. The second-order valence-corrected chi connectivity index (χ2v) is 4.75. The highest BCUT2D eigenvalue weighted by molar-refractivity contribution is 5.49. The van der Waals surface area contributed by atoms with Gasteiger partial charge in [0.15, 0.2) is 0 Å². The molecule has 1 N–H and O–H groups in total. The van der Waals surface area contributed by atoms with Crippen LogP contribution in [-0.4, -0.2) is 13.2 Å². The summed E-state index contributed by atoms with van der Waals surface area (Å²) in [5.74, 6) is 0.910. The van der Waals surface area contributed by atoms with E-state index in [1.807, 2.05) is 18.2 Å². The Morgan fingerprint density at radius 2 is 2.13 bits per heavy atom. The zero-order valence-electron chi connectivity index (χ0n) is 9.71. The van der Waals surface area contributed by atoms with Crippen LogP contribution in [0.4, 0.5) is 5.69 Å². The number of hydrogen-bond acceptors (Lipinski definition) is 2. The van der Waals surface area contributed by atoms with E-state index in [9.17, 15) is 0 Å². The minimum atomic E-state index is 0.503. The van der Waals surface area contributed by atoms with Gasteiger partial charge in [0, 0.05) is 17.8 Å². The molecule has 0 bridgehead atoms. The van der Waals surface area contributed by atoms with E-state index in [0.717, 1.165) is 11.4 Å². The second kappa shape index (κ2) is 3.76. The number of benzene rings is 1. The lowest BCUT2D eigenvalue weighted by atomic mass is 10.0. The van der Waals surface area contributed by atoms with Crippen LogP contribution >= 0.6 is 0 Å². The van der Waals surface area contributed by atoms with Crippen molar-refractivity contribution >= 4 is 5.69 Å². The van der Waals surface area contributed by atoms with Crippen LogP contribution in [0, 0.1) is 5.41 Å². The summed E-state index contributed by atoms with van der Waals surface area (Å²) in [6.07, 6.45) is 2.68. The molecule has 0 spiro atoms. The van der Waals surface area contributed by atoms with Gasteiger partial charge < -0.3 is 10.1 Å². The molecule has 1 unspecified atom stereocenters. The molecule has 2 nitrogen and oxygen atoms in total. The fraction of sp³-hybridized carbons (Fsp3) is 0.538. The molecule has 1 aromatic rings. The Balaban J connectivity index is 2.03. The lowest BCUT2D eigenvalue weighted by Crippen LogP contribution is -2.24. The van der Waals surface area contributed by atoms with Gasteiger partial charge in [0.2, 0.25) is 0 Å². The maximum absolute atomic E-state index is 5.20. The Labute approximate surface area is 91.6 Å². The highest BCUT2D eigenvalue weighted by atomic mass is 16.5. The van der Waals surface area contributed by atoms with Crippen LogP contribution in [0.5, 0.6) is 5.75 Å². The Kier molecular flexibility index (Phi) is 2.59. The predicted molar refractivity (Wildman–Crippen MR) is 63.4 cm³/mol. The first-order valence-corrected chi connectivity index (χ1v) is 5.55. The van der Waals surface area contributed by atoms with Gasteiger partial charge in [0.25, 0.3) is 0 Å². The molecule has 15 heavy (non-hydrogen) atoms. The van der Waals surface area contributed by atoms with E-state index in [-0.39, 0.29) is 0 Å². The average Bonchev–Trinajstić information content (AvgIpc) is 2.98. The third-order valence-electron chi connectivity index (χ3n) is 3.54. The Bertz CT molecular complexity index is 344. The topological polar surface area (TPSA) is 21.3 Å². The quantitative estimate of drug-likeness (QED) is 0.814. The van der Waals surface area contributed by atoms with Crippen molar-refractivity contribution in [1.82, 2.24) is 0 Å². The van der Waals surface area contributed by atoms with Crippen LogP contribution < -0.4 is 10.1 Å².